The zero-order chi connectivity index (χ0) is 15.4. The first kappa shape index (κ1) is 14.0. The summed E-state index contributed by atoms with van der Waals surface area (Å²) in [6.45, 7) is 2.53. The Morgan fingerprint density at radius 3 is 2.91 bits per heavy atom. The monoisotopic (exact) mass is 293 g/mol. The van der Waals surface area contributed by atoms with Gasteiger partial charge in [0, 0.05) is 6.20 Å². The van der Waals surface area contributed by atoms with Gasteiger partial charge in [-0.05, 0) is 42.8 Å². The summed E-state index contributed by atoms with van der Waals surface area (Å²) < 4.78 is 5.45. The average molecular weight is 293 g/mol. The highest BCUT2D eigenvalue weighted by Gasteiger charge is 2.21. The number of hydrogen-bond donors (Lipinski definition) is 1. The third kappa shape index (κ3) is 3.03. The van der Waals surface area contributed by atoms with Crippen LogP contribution in [0.2, 0.25) is 0 Å². The quantitative estimate of drug-likeness (QED) is 0.880. The van der Waals surface area contributed by atoms with E-state index in [2.05, 4.69) is 15.3 Å². The Bertz CT molecular complexity index is 752. The molecule has 0 bridgehead atoms. The maximum absolute atomic E-state index is 12.0. The van der Waals surface area contributed by atoms with Crippen molar-refractivity contribution in [2.75, 3.05) is 6.61 Å². The van der Waals surface area contributed by atoms with Crippen molar-refractivity contribution < 1.29 is 9.53 Å². The molecule has 1 aliphatic rings. The van der Waals surface area contributed by atoms with Crippen molar-refractivity contribution in [3.63, 3.8) is 0 Å². The molecule has 1 aromatic heterocycles. The van der Waals surface area contributed by atoms with E-state index in [1.165, 1.54) is 0 Å². The van der Waals surface area contributed by atoms with Crippen molar-refractivity contribution >= 4 is 17.8 Å². The van der Waals surface area contributed by atoms with Gasteiger partial charge in [-0.2, -0.15) is 0 Å². The Kier molecular flexibility index (Phi) is 3.96. The van der Waals surface area contributed by atoms with Crippen LogP contribution < -0.4 is 10.1 Å². The van der Waals surface area contributed by atoms with E-state index < -0.39 is 0 Å². The van der Waals surface area contributed by atoms with Crippen LogP contribution in [-0.4, -0.2) is 23.3 Å². The van der Waals surface area contributed by atoms with Gasteiger partial charge in [0.15, 0.2) is 5.84 Å². The minimum absolute atomic E-state index is 0.234. The summed E-state index contributed by atoms with van der Waals surface area (Å²) >= 11 is 0. The van der Waals surface area contributed by atoms with E-state index in [1.54, 1.807) is 18.3 Å². The number of aliphatic imine (C=N–C) groups is 1. The second-order valence-corrected chi connectivity index (χ2v) is 4.66. The number of benzene rings is 1. The molecule has 2 aromatic rings. The number of nitrogens with one attached hydrogen (secondary N) is 1. The lowest BCUT2D eigenvalue weighted by atomic mass is 10.2. The molecule has 0 aliphatic carbocycles. The first-order chi connectivity index (χ1) is 10.8. The number of ether oxygens (including phenoxy) is 1. The normalized spacial score (nSPS) is 15.6. The summed E-state index contributed by atoms with van der Waals surface area (Å²) in [4.78, 5) is 20.5. The molecule has 0 radical (unpaired) electrons. The average Bonchev–Trinajstić information content (AvgIpc) is 2.90. The summed E-state index contributed by atoms with van der Waals surface area (Å²) in [5.74, 6) is 1.00. The third-order valence-electron chi connectivity index (χ3n) is 3.08. The predicted molar refractivity (Wildman–Crippen MR) is 84.5 cm³/mol. The molecule has 0 saturated carbocycles. The van der Waals surface area contributed by atoms with Crippen LogP contribution in [0.25, 0.3) is 6.08 Å². The molecule has 1 N–H and O–H groups in total. The van der Waals surface area contributed by atoms with Crippen molar-refractivity contribution in [2.45, 2.75) is 6.92 Å². The number of amides is 1. The highest BCUT2D eigenvalue weighted by atomic mass is 16.5. The van der Waals surface area contributed by atoms with Crippen LogP contribution in [0, 0.1) is 0 Å². The molecule has 1 aromatic carbocycles. The molecule has 0 saturated heterocycles. The van der Waals surface area contributed by atoms with Crippen molar-refractivity contribution in [3.05, 3.63) is 65.6 Å². The number of rotatable bonds is 4. The van der Waals surface area contributed by atoms with Crippen LogP contribution >= 0.6 is 0 Å². The van der Waals surface area contributed by atoms with Gasteiger partial charge in [0.05, 0.1) is 6.61 Å². The molecular formula is C17H15N3O2. The van der Waals surface area contributed by atoms with E-state index >= 15 is 0 Å². The van der Waals surface area contributed by atoms with Crippen LogP contribution in [0.5, 0.6) is 5.75 Å². The van der Waals surface area contributed by atoms with Crippen LogP contribution in [0.4, 0.5) is 0 Å². The molecule has 3 rings (SSSR count). The minimum atomic E-state index is -0.234. The maximum Gasteiger partial charge on any atom is 0.275 e. The first-order valence-electron chi connectivity index (χ1n) is 7.02. The SMILES string of the molecule is CCOc1cccc(/C=C2/N=C(c3ccccn3)NC2=O)c1. The highest BCUT2D eigenvalue weighted by molar-refractivity contribution is 6.19. The number of amidine groups is 1. The lowest BCUT2D eigenvalue weighted by molar-refractivity contribution is -0.115. The van der Waals surface area contributed by atoms with E-state index in [0.717, 1.165) is 11.3 Å². The van der Waals surface area contributed by atoms with E-state index in [9.17, 15) is 4.79 Å². The van der Waals surface area contributed by atoms with Gasteiger partial charge < -0.3 is 10.1 Å². The summed E-state index contributed by atoms with van der Waals surface area (Å²) in [6, 6.07) is 13.0. The highest BCUT2D eigenvalue weighted by Crippen LogP contribution is 2.18. The second kappa shape index (κ2) is 6.22. The predicted octanol–water partition coefficient (Wildman–Crippen LogP) is 2.40. The fraction of sp³-hybridized carbons (Fsp3) is 0.118. The van der Waals surface area contributed by atoms with E-state index in [0.29, 0.717) is 23.8 Å². The molecule has 1 aliphatic heterocycles. The van der Waals surface area contributed by atoms with Gasteiger partial charge in [-0.25, -0.2) is 4.99 Å². The molecule has 0 unspecified atom stereocenters. The van der Waals surface area contributed by atoms with Gasteiger partial charge in [0.2, 0.25) is 0 Å². The molecule has 5 heteroatoms. The fourth-order valence-electron chi connectivity index (χ4n) is 2.11. The number of carbonyl (C=O) groups excluding carboxylic acids is 1. The molecular weight excluding hydrogens is 278 g/mol. The molecule has 0 fully saturated rings. The number of carbonyl (C=O) groups is 1. The number of hydrogen-bond acceptors (Lipinski definition) is 4. The molecule has 0 atom stereocenters. The second-order valence-electron chi connectivity index (χ2n) is 4.66. The zero-order valence-corrected chi connectivity index (χ0v) is 12.1. The Labute approximate surface area is 128 Å². The summed E-state index contributed by atoms with van der Waals surface area (Å²) in [7, 11) is 0. The van der Waals surface area contributed by atoms with Gasteiger partial charge in [-0.15, -0.1) is 0 Å². The third-order valence-corrected chi connectivity index (χ3v) is 3.08. The largest absolute Gasteiger partial charge is 0.494 e. The zero-order valence-electron chi connectivity index (χ0n) is 12.1. The van der Waals surface area contributed by atoms with E-state index in [-0.39, 0.29) is 5.91 Å². The molecule has 22 heavy (non-hydrogen) atoms. The lowest BCUT2D eigenvalue weighted by Crippen LogP contribution is -2.25. The Morgan fingerprint density at radius 2 is 2.14 bits per heavy atom. The summed E-state index contributed by atoms with van der Waals surface area (Å²) in [5.41, 5.74) is 1.86. The van der Waals surface area contributed by atoms with Crippen LogP contribution in [0.3, 0.4) is 0 Å². The van der Waals surface area contributed by atoms with Gasteiger partial charge in [0.1, 0.15) is 17.1 Å². The van der Waals surface area contributed by atoms with Crippen LogP contribution in [-0.2, 0) is 4.79 Å². The lowest BCUT2D eigenvalue weighted by Gasteiger charge is -2.03. The Hall–Kier alpha value is -2.95. The number of pyridine rings is 1. The topological polar surface area (TPSA) is 63.6 Å². The van der Waals surface area contributed by atoms with Crippen molar-refractivity contribution in [1.82, 2.24) is 10.3 Å². The van der Waals surface area contributed by atoms with E-state index in [4.69, 9.17) is 4.74 Å². The molecule has 0 spiro atoms. The standard InChI is InChI=1S/C17H15N3O2/c1-2-22-13-7-5-6-12(10-13)11-15-17(21)20-16(19-15)14-8-3-4-9-18-14/h3-11H,2H2,1H3,(H,19,20,21)/b15-11+. The smallest absolute Gasteiger partial charge is 0.275 e. The number of nitrogens with zero attached hydrogens (tertiary/aromatic N) is 2. The van der Waals surface area contributed by atoms with Gasteiger partial charge in [-0.1, -0.05) is 18.2 Å². The van der Waals surface area contributed by atoms with Gasteiger partial charge in [-0.3, -0.25) is 9.78 Å². The first-order valence-corrected chi connectivity index (χ1v) is 7.02. The Morgan fingerprint density at radius 1 is 1.23 bits per heavy atom. The fourth-order valence-corrected chi connectivity index (χ4v) is 2.11. The van der Waals surface area contributed by atoms with Crippen LogP contribution in [0.1, 0.15) is 18.2 Å². The summed E-state index contributed by atoms with van der Waals surface area (Å²) in [6.07, 6.45) is 3.39. The maximum atomic E-state index is 12.0. The van der Waals surface area contributed by atoms with Crippen molar-refractivity contribution in [1.29, 1.82) is 0 Å². The molecule has 110 valence electrons. The van der Waals surface area contributed by atoms with E-state index in [1.807, 2.05) is 43.3 Å². The van der Waals surface area contributed by atoms with Gasteiger partial charge >= 0.3 is 0 Å². The molecule has 5 nitrogen and oxygen atoms in total. The van der Waals surface area contributed by atoms with Crippen LogP contribution in [0.15, 0.2) is 59.4 Å². The summed E-state index contributed by atoms with van der Waals surface area (Å²) in [5, 5.41) is 2.73. The van der Waals surface area contributed by atoms with Crippen molar-refractivity contribution in [3.8, 4) is 5.75 Å². The van der Waals surface area contributed by atoms with Gasteiger partial charge in [0.25, 0.3) is 5.91 Å². The number of aromatic nitrogens is 1. The minimum Gasteiger partial charge on any atom is -0.494 e. The Balaban J connectivity index is 1.89. The molecule has 1 amide bonds. The molecule has 2 heterocycles. The van der Waals surface area contributed by atoms with Crippen molar-refractivity contribution in [2.24, 2.45) is 4.99 Å².